The normalized spacial score (nSPS) is 15.9. The molecule has 1 unspecified atom stereocenters. The molecule has 4 rings (SSSR count). The molecule has 152 valence electrons. The Labute approximate surface area is 172 Å². The van der Waals surface area contributed by atoms with Gasteiger partial charge in [-0.1, -0.05) is 18.2 Å². The molecule has 2 aromatic carbocycles. The van der Waals surface area contributed by atoms with E-state index in [-0.39, 0.29) is 24.2 Å². The SMILES string of the molecule is COc1ccc(NC(=O)C2CC(=O)NC(Nc3nc(C)c4ccccc4n3)=N2)cc1. The molecule has 0 spiro atoms. The highest BCUT2D eigenvalue weighted by Gasteiger charge is 2.27. The van der Waals surface area contributed by atoms with Gasteiger partial charge in [0.25, 0.3) is 0 Å². The second-order valence-corrected chi connectivity index (χ2v) is 6.74. The number of para-hydroxylation sites is 1. The standard InChI is InChI=1S/C21H20N6O3/c1-12-15-5-3-4-6-16(15)24-20(22-12)27-21-25-17(11-18(28)26-21)19(29)23-13-7-9-14(30-2)10-8-13/h3-10,17H,11H2,1-2H3,(H,23,29)(H2,22,24,25,26,27,28). The zero-order chi connectivity index (χ0) is 21.1. The van der Waals surface area contributed by atoms with Gasteiger partial charge in [-0.3, -0.25) is 20.2 Å². The number of carbonyl (C=O) groups excluding carboxylic acids is 2. The minimum Gasteiger partial charge on any atom is -0.497 e. The third kappa shape index (κ3) is 4.19. The first-order valence-electron chi connectivity index (χ1n) is 9.35. The average molecular weight is 404 g/mol. The molecule has 0 aliphatic carbocycles. The second kappa shape index (κ2) is 8.16. The number of aryl methyl sites for hydroxylation is 1. The van der Waals surface area contributed by atoms with E-state index in [1.54, 1.807) is 31.4 Å². The van der Waals surface area contributed by atoms with Gasteiger partial charge in [-0.25, -0.2) is 15.0 Å². The summed E-state index contributed by atoms with van der Waals surface area (Å²) in [5, 5.41) is 9.23. The van der Waals surface area contributed by atoms with Crippen LogP contribution < -0.4 is 20.7 Å². The molecule has 0 radical (unpaired) electrons. The Balaban J connectivity index is 1.52. The number of guanidine groups is 1. The van der Waals surface area contributed by atoms with Crippen LogP contribution in [-0.2, 0) is 9.59 Å². The van der Waals surface area contributed by atoms with Crippen molar-refractivity contribution in [2.75, 3.05) is 17.7 Å². The first-order valence-corrected chi connectivity index (χ1v) is 9.35. The van der Waals surface area contributed by atoms with Gasteiger partial charge < -0.3 is 10.1 Å². The monoisotopic (exact) mass is 404 g/mol. The lowest BCUT2D eigenvalue weighted by Crippen LogP contribution is -2.46. The van der Waals surface area contributed by atoms with Crippen molar-refractivity contribution in [3.05, 3.63) is 54.2 Å². The molecular weight excluding hydrogens is 384 g/mol. The summed E-state index contributed by atoms with van der Waals surface area (Å²) in [7, 11) is 1.57. The smallest absolute Gasteiger partial charge is 0.249 e. The van der Waals surface area contributed by atoms with E-state index in [0.29, 0.717) is 17.4 Å². The topological polar surface area (TPSA) is 118 Å². The summed E-state index contributed by atoms with van der Waals surface area (Å²) in [6, 6.07) is 13.7. The Morgan fingerprint density at radius 1 is 1.13 bits per heavy atom. The van der Waals surface area contributed by atoms with Crippen molar-refractivity contribution < 1.29 is 14.3 Å². The minimum atomic E-state index is -0.870. The zero-order valence-electron chi connectivity index (χ0n) is 16.5. The molecule has 0 fully saturated rings. The molecule has 0 saturated carbocycles. The summed E-state index contributed by atoms with van der Waals surface area (Å²) >= 11 is 0. The molecule has 3 N–H and O–H groups in total. The van der Waals surface area contributed by atoms with Gasteiger partial charge in [0.2, 0.25) is 23.7 Å². The number of rotatable bonds is 4. The van der Waals surface area contributed by atoms with Crippen molar-refractivity contribution >= 4 is 40.3 Å². The largest absolute Gasteiger partial charge is 0.497 e. The minimum absolute atomic E-state index is 0.0508. The van der Waals surface area contributed by atoms with Crippen LogP contribution in [0.1, 0.15) is 12.1 Å². The maximum absolute atomic E-state index is 12.6. The Hall–Kier alpha value is -4.01. The predicted octanol–water partition coefficient (Wildman–Crippen LogP) is 2.24. The molecule has 3 aromatic rings. The van der Waals surface area contributed by atoms with Crippen molar-refractivity contribution in [1.29, 1.82) is 0 Å². The number of hydrogen-bond donors (Lipinski definition) is 3. The van der Waals surface area contributed by atoms with Crippen LogP contribution >= 0.6 is 0 Å². The number of hydrogen-bond acceptors (Lipinski definition) is 7. The van der Waals surface area contributed by atoms with Gasteiger partial charge in [0, 0.05) is 11.1 Å². The number of nitrogens with zero attached hydrogens (tertiary/aromatic N) is 3. The lowest BCUT2D eigenvalue weighted by atomic mass is 10.1. The molecule has 1 aliphatic heterocycles. The molecule has 2 heterocycles. The summed E-state index contributed by atoms with van der Waals surface area (Å²) in [6.07, 6.45) is -0.0508. The number of carbonyl (C=O) groups is 2. The molecule has 9 nitrogen and oxygen atoms in total. The average Bonchev–Trinajstić information content (AvgIpc) is 2.74. The van der Waals surface area contributed by atoms with Gasteiger partial charge in [0.15, 0.2) is 0 Å². The number of nitrogens with one attached hydrogen (secondary N) is 3. The first kappa shape index (κ1) is 19.3. The van der Waals surface area contributed by atoms with Crippen LogP contribution in [0.3, 0.4) is 0 Å². The fourth-order valence-corrected chi connectivity index (χ4v) is 3.10. The highest BCUT2D eigenvalue weighted by molar-refractivity contribution is 6.09. The Bertz CT molecular complexity index is 1140. The number of methoxy groups -OCH3 is 1. The third-order valence-electron chi connectivity index (χ3n) is 4.61. The molecule has 30 heavy (non-hydrogen) atoms. The molecular formula is C21H20N6O3. The number of amides is 2. The van der Waals surface area contributed by atoms with E-state index in [1.807, 2.05) is 31.2 Å². The van der Waals surface area contributed by atoms with Crippen LogP contribution in [0.5, 0.6) is 5.75 Å². The molecule has 2 amide bonds. The molecule has 0 saturated heterocycles. The number of aliphatic imine (C=N–C) groups is 1. The Kier molecular flexibility index (Phi) is 5.25. The molecule has 1 aromatic heterocycles. The number of benzene rings is 2. The van der Waals surface area contributed by atoms with E-state index in [4.69, 9.17) is 4.74 Å². The fraction of sp³-hybridized carbons (Fsp3) is 0.190. The molecule has 1 atom stereocenters. The van der Waals surface area contributed by atoms with E-state index in [1.165, 1.54) is 0 Å². The number of aromatic nitrogens is 2. The van der Waals surface area contributed by atoms with Crippen LogP contribution in [0.2, 0.25) is 0 Å². The van der Waals surface area contributed by atoms with E-state index < -0.39 is 6.04 Å². The summed E-state index contributed by atoms with van der Waals surface area (Å²) in [5.41, 5.74) is 2.15. The zero-order valence-corrected chi connectivity index (χ0v) is 16.5. The van der Waals surface area contributed by atoms with Gasteiger partial charge in [0.1, 0.15) is 11.8 Å². The maximum atomic E-state index is 12.6. The Morgan fingerprint density at radius 3 is 2.67 bits per heavy atom. The van der Waals surface area contributed by atoms with Crippen molar-refractivity contribution in [3.63, 3.8) is 0 Å². The number of fused-ring (bicyclic) bond motifs is 1. The number of ether oxygens (including phenoxy) is 1. The van der Waals surface area contributed by atoms with E-state index >= 15 is 0 Å². The van der Waals surface area contributed by atoms with Crippen molar-refractivity contribution in [2.24, 2.45) is 4.99 Å². The van der Waals surface area contributed by atoms with Crippen molar-refractivity contribution in [3.8, 4) is 5.75 Å². The van der Waals surface area contributed by atoms with E-state index in [9.17, 15) is 9.59 Å². The van der Waals surface area contributed by atoms with E-state index in [0.717, 1.165) is 16.6 Å². The lowest BCUT2D eigenvalue weighted by molar-refractivity contribution is -0.124. The molecule has 0 bridgehead atoms. The summed E-state index contributed by atoms with van der Waals surface area (Å²) < 4.78 is 5.10. The van der Waals surface area contributed by atoms with E-state index in [2.05, 4.69) is 30.9 Å². The van der Waals surface area contributed by atoms with Gasteiger partial charge >= 0.3 is 0 Å². The van der Waals surface area contributed by atoms with Crippen molar-refractivity contribution in [2.45, 2.75) is 19.4 Å². The summed E-state index contributed by atoms with van der Waals surface area (Å²) in [4.78, 5) is 37.9. The second-order valence-electron chi connectivity index (χ2n) is 6.74. The Morgan fingerprint density at radius 2 is 1.90 bits per heavy atom. The number of anilines is 2. The van der Waals surface area contributed by atoms with Crippen LogP contribution in [0.15, 0.2) is 53.5 Å². The van der Waals surface area contributed by atoms with Crippen molar-refractivity contribution in [1.82, 2.24) is 15.3 Å². The predicted molar refractivity (Wildman–Crippen MR) is 114 cm³/mol. The maximum Gasteiger partial charge on any atom is 0.249 e. The highest BCUT2D eigenvalue weighted by Crippen LogP contribution is 2.18. The van der Waals surface area contributed by atoms with Crippen LogP contribution in [0.25, 0.3) is 10.9 Å². The molecule has 9 heteroatoms. The van der Waals surface area contributed by atoms with Gasteiger partial charge in [-0.15, -0.1) is 0 Å². The van der Waals surface area contributed by atoms with Gasteiger partial charge in [-0.05, 0) is 37.3 Å². The van der Waals surface area contributed by atoms with Crippen LogP contribution in [0.4, 0.5) is 11.6 Å². The third-order valence-corrected chi connectivity index (χ3v) is 4.61. The van der Waals surface area contributed by atoms with Crippen LogP contribution in [-0.4, -0.2) is 40.9 Å². The first-order chi connectivity index (χ1) is 14.5. The summed E-state index contributed by atoms with van der Waals surface area (Å²) in [6.45, 7) is 1.88. The quantitative estimate of drug-likeness (QED) is 0.614. The van der Waals surface area contributed by atoms with Crippen LogP contribution in [0, 0.1) is 6.92 Å². The highest BCUT2D eigenvalue weighted by atomic mass is 16.5. The fourth-order valence-electron chi connectivity index (χ4n) is 3.10. The lowest BCUT2D eigenvalue weighted by Gasteiger charge is -2.21. The van der Waals surface area contributed by atoms with Gasteiger partial charge in [-0.2, -0.15) is 0 Å². The molecule has 1 aliphatic rings. The summed E-state index contributed by atoms with van der Waals surface area (Å²) in [5.74, 6) is 0.405. The van der Waals surface area contributed by atoms with Gasteiger partial charge in [0.05, 0.1) is 24.7 Å².